The van der Waals surface area contributed by atoms with Crippen molar-refractivity contribution in [2.24, 2.45) is 0 Å². The molecule has 1 rings (SSSR count). The van der Waals surface area contributed by atoms with Crippen LogP contribution >= 0.6 is 24.2 Å². The van der Waals surface area contributed by atoms with Gasteiger partial charge in [0.05, 0.1) is 0 Å². The molecule has 0 saturated heterocycles. The average molecular weight is 159 g/mol. The smallest absolute Gasteiger partial charge is 0.107 e. The summed E-state index contributed by atoms with van der Waals surface area (Å²) in [4.78, 5) is 1.31. The fourth-order valence-electron chi connectivity index (χ4n) is 0.551. The van der Waals surface area contributed by atoms with Crippen molar-refractivity contribution in [3.63, 3.8) is 0 Å². The van der Waals surface area contributed by atoms with E-state index < -0.39 is 0 Å². The van der Waals surface area contributed by atoms with Crippen LogP contribution in [0, 0.1) is 0 Å². The van der Waals surface area contributed by atoms with E-state index in [4.69, 9.17) is 0 Å². The van der Waals surface area contributed by atoms with Crippen LogP contribution in [-0.2, 0) is 0 Å². The highest BCUT2D eigenvalue weighted by atomic mass is 32.1. The molecule has 0 aliphatic rings. The van der Waals surface area contributed by atoms with E-state index in [1.807, 2.05) is 6.07 Å². The Hall–Kier alpha value is -0.0200. The summed E-state index contributed by atoms with van der Waals surface area (Å²) in [6.07, 6.45) is 0. The Morgan fingerprint density at radius 2 is 2.33 bits per heavy atom. The lowest BCUT2D eigenvalue weighted by Crippen LogP contribution is -1.77. The number of nitrogens with zero attached hydrogens (tertiary/aromatic N) is 1. The van der Waals surface area contributed by atoms with E-state index in [2.05, 4.69) is 30.8 Å². The standard InChI is InChI=1S/C6H9NS2/c1-4(2)5-3-6(8)7-9-5/h3-4H,1-2H3,(H,7,8). The van der Waals surface area contributed by atoms with Gasteiger partial charge in [-0.25, -0.2) is 0 Å². The maximum absolute atomic E-state index is 4.10. The summed E-state index contributed by atoms with van der Waals surface area (Å²) in [5, 5.41) is 0.837. The Labute approximate surface area is 64.7 Å². The Kier molecular flexibility index (Phi) is 2.13. The monoisotopic (exact) mass is 159 g/mol. The third-order valence-electron chi connectivity index (χ3n) is 1.08. The highest BCUT2D eigenvalue weighted by Crippen LogP contribution is 2.21. The second-order valence-corrected chi connectivity index (χ2v) is 3.54. The molecule has 0 spiro atoms. The van der Waals surface area contributed by atoms with Crippen LogP contribution in [0.25, 0.3) is 0 Å². The predicted octanol–water partition coefficient (Wildman–Crippen LogP) is 2.56. The van der Waals surface area contributed by atoms with Gasteiger partial charge >= 0.3 is 0 Å². The van der Waals surface area contributed by atoms with Gasteiger partial charge in [0.1, 0.15) is 5.03 Å². The van der Waals surface area contributed by atoms with Gasteiger partial charge in [0.2, 0.25) is 0 Å². The average Bonchev–Trinajstić information content (AvgIpc) is 2.14. The maximum Gasteiger partial charge on any atom is 0.107 e. The fraction of sp³-hybridized carbons (Fsp3) is 0.500. The quantitative estimate of drug-likeness (QED) is 0.621. The van der Waals surface area contributed by atoms with Crippen molar-refractivity contribution in [3.05, 3.63) is 10.9 Å². The van der Waals surface area contributed by atoms with Crippen molar-refractivity contribution >= 4 is 24.2 Å². The van der Waals surface area contributed by atoms with E-state index in [1.54, 1.807) is 0 Å². The molecule has 9 heavy (non-hydrogen) atoms. The van der Waals surface area contributed by atoms with Gasteiger partial charge < -0.3 is 0 Å². The Morgan fingerprint density at radius 3 is 2.56 bits per heavy atom. The van der Waals surface area contributed by atoms with Crippen LogP contribution in [0.4, 0.5) is 0 Å². The lowest BCUT2D eigenvalue weighted by molar-refractivity contribution is 0.887. The molecule has 0 fully saturated rings. The van der Waals surface area contributed by atoms with E-state index in [0.29, 0.717) is 5.92 Å². The summed E-state index contributed by atoms with van der Waals surface area (Å²) in [7, 11) is 0. The highest BCUT2D eigenvalue weighted by Gasteiger charge is 2.01. The van der Waals surface area contributed by atoms with Gasteiger partial charge in [-0.2, -0.15) is 4.37 Å². The summed E-state index contributed by atoms with van der Waals surface area (Å²) < 4.78 is 4.04. The molecule has 0 aliphatic carbocycles. The molecule has 1 aromatic heterocycles. The van der Waals surface area contributed by atoms with E-state index in [0.717, 1.165) is 5.03 Å². The van der Waals surface area contributed by atoms with Crippen LogP contribution in [0.3, 0.4) is 0 Å². The van der Waals surface area contributed by atoms with Crippen molar-refractivity contribution in [2.45, 2.75) is 24.8 Å². The molecule has 0 N–H and O–H groups in total. The van der Waals surface area contributed by atoms with E-state index in [-0.39, 0.29) is 0 Å². The molecule has 0 aromatic carbocycles. The largest absolute Gasteiger partial charge is 0.186 e. The molecule has 0 saturated carbocycles. The minimum absolute atomic E-state index is 0.586. The number of aromatic nitrogens is 1. The van der Waals surface area contributed by atoms with Crippen LogP contribution in [-0.4, -0.2) is 4.37 Å². The lowest BCUT2D eigenvalue weighted by Gasteiger charge is -1.94. The van der Waals surface area contributed by atoms with Gasteiger partial charge in [-0.15, -0.1) is 12.6 Å². The summed E-state index contributed by atoms with van der Waals surface area (Å²) in [5.41, 5.74) is 0. The van der Waals surface area contributed by atoms with Gasteiger partial charge in [0.15, 0.2) is 0 Å². The Balaban J connectivity index is 2.85. The maximum atomic E-state index is 4.10. The highest BCUT2D eigenvalue weighted by molar-refractivity contribution is 7.80. The first-order valence-electron chi connectivity index (χ1n) is 2.85. The summed E-state index contributed by atoms with van der Waals surface area (Å²) in [5.74, 6) is 0.586. The SMILES string of the molecule is CC(C)c1cc(S)ns1. The molecular formula is C6H9NS2. The zero-order valence-electron chi connectivity index (χ0n) is 5.46. The van der Waals surface area contributed by atoms with Crippen molar-refractivity contribution in [1.82, 2.24) is 4.37 Å². The molecule has 50 valence electrons. The van der Waals surface area contributed by atoms with Gasteiger partial charge in [0.25, 0.3) is 0 Å². The molecule has 1 aromatic rings. The third-order valence-corrected chi connectivity index (χ3v) is 2.54. The number of hydrogen-bond donors (Lipinski definition) is 1. The first-order chi connectivity index (χ1) is 4.20. The van der Waals surface area contributed by atoms with Crippen LogP contribution in [0.5, 0.6) is 0 Å². The zero-order chi connectivity index (χ0) is 6.85. The Morgan fingerprint density at radius 1 is 1.67 bits per heavy atom. The molecule has 1 nitrogen and oxygen atoms in total. The van der Waals surface area contributed by atoms with Gasteiger partial charge in [-0.3, -0.25) is 0 Å². The first-order valence-corrected chi connectivity index (χ1v) is 4.08. The van der Waals surface area contributed by atoms with Crippen LogP contribution in [0.1, 0.15) is 24.6 Å². The van der Waals surface area contributed by atoms with E-state index >= 15 is 0 Å². The van der Waals surface area contributed by atoms with Gasteiger partial charge in [-0.05, 0) is 23.5 Å². The van der Waals surface area contributed by atoms with Gasteiger partial charge in [0, 0.05) is 4.88 Å². The van der Waals surface area contributed by atoms with Crippen LogP contribution in [0.2, 0.25) is 0 Å². The molecular weight excluding hydrogens is 150 g/mol. The van der Waals surface area contributed by atoms with Crippen molar-refractivity contribution in [3.8, 4) is 0 Å². The number of rotatable bonds is 1. The first kappa shape index (κ1) is 7.09. The van der Waals surface area contributed by atoms with Crippen molar-refractivity contribution < 1.29 is 0 Å². The molecule has 1 heterocycles. The minimum Gasteiger partial charge on any atom is -0.186 e. The Bertz CT molecular complexity index is 193. The summed E-state index contributed by atoms with van der Waals surface area (Å²) >= 11 is 5.63. The molecule has 0 radical (unpaired) electrons. The summed E-state index contributed by atoms with van der Waals surface area (Å²) in [6.45, 7) is 4.31. The topological polar surface area (TPSA) is 12.9 Å². The molecule has 0 bridgehead atoms. The van der Waals surface area contributed by atoms with E-state index in [9.17, 15) is 0 Å². The molecule has 0 unspecified atom stereocenters. The molecule has 0 atom stereocenters. The number of hydrogen-bond acceptors (Lipinski definition) is 3. The second-order valence-electron chi connectivity index (χ2n) is 2.24. The number of thiol groups is 1. The third kappa shape index (κ3) is 1.69. The minimum atomic E-state index is 0.586. The van der Waals surface area contributed by atoms with Crippen molar-refractivity contribution in [1.29, 1.82) is 0 Å². The molecule has 0 aliphatic heterocycles. The summed E-state index contributed by atoms with van der Waals surface area (Å²) in [6, 6.07) is 2.01. The molecule has 0 amide bonds. The van der Waals surface area contributed by atoms with E-state index in [1.165, 1.54) is 16.4 Å². The fourth-order valence-corrected chi connectivity index (χ4v) is 1.53. The van der Waals surface area contributed by atoms with Crippen LogP contribution in [0.15, 0.2) is 11.1 Å². The second kappa shape index (κ2) is 2.71. The zero-order valence-corrected chi connectivity index (χ0v) is 7.17. The normalized spacial score (nSPS) is 10.7. The van der Waals surface area contributed by atoms with Gasteiger partial charge in [-0.1, -0.05) is 13.8 Å². The predicted molar refractivity (Wildman–Crippen MR) is 43.5 cm³/mol. The molecule has 3 heteroatoms. The lowest BCUT2D eigenvalue weighted by atomic mass is 10.2. The van der Waals surface area contributed by atoms with Crippen LogP contribution < -0.4 is 0 Å². The van der Waals surface area contributed by atoms with Crippen molar-refractivity contribution in [2.75, 3.05) is 0 Å².